The maximum atomic E-state index is 12.1. The summed E-state index contributed by atoms with van der Waals surface area (Å²) in [5.41, 5.74) is 1.94. The number of likely N-dealkylation sites (N-methyl/N-ethyl adjacent to an activating group) is 1. The third-order valence-corrected chi connectivity index (χ3v) is 5.19. The van der Waals surface area contributed by atoms with Crippen LogP contribution in [0.1, 0.15) is 5.69 Å². The molecule has 2 aromatic carbocycles. The number of methoxy groups -OCH3 is 1. The lowest BCUT2D eigenvalue weighted by Gasteiger charge is -2.11. The molecule has 0 aliphatic carbocycles. The Morgan fingerprint density at radius 2 is 1.87 bits per heavy atom. The first-order valence-electron chi connectivity index (χ1n) is 8.72. The lowest BCUT2D eigenvalue weighted by atomic mass is 10.1. The second-order valence-corrected chi connectivity index (χ2v) is 7.83. The third kappa shape index (κ3) is 4.57. The highest BCUT2D eigenvalue weighted by atomic mass is 32.2. The van der Waals surface area contributed by atoms with Crippen molar-refractivity contribution < 1.29 is 23.2 Å². The monoisotopic (exact) mass is 428 g/mol. The molecule has 3 N–H and O–H groups in total. The second kappa shape index (κ2) is 8.49. The predicted molar refractivity (Wildman–Crippen MR) is 111 cm³/mol. The van der Waals surface area contributed by atoms with E-state index in [0.717, 1.165) is 11.6 Å². The van der Waals surface area contributed by atoms with Crippen molar-refractivity contribution >= 4 is 22.0 Å². The molecule has 0 unspecified atom stereocenters. The average molecular weight is 428 g/mol. The van der Waals surface area contributed by atoms with Gasteiger partial charge in [0, 0.05) is 18.7 Å². The molecule has 3 rings (SSSR count). The summed E-state index contributed by atoms with van der Waals surface area (Å²) in [4.78, 5) is 11.6. The SMILES string of the molecule is COc1ccc(-c2cc(C=CC(=O)N(C)O)nn2-c2ccccc2S(N)(=O)=O)cc1. The van der Waals surface area contributed by atoms with Crippen molar-refractivity contribution in [2.24, 2.45) is 5.14 Å². The van der Waals surface area contributed by atoms with E-state index in [9.17, 15) is 18.4 Å². The molecule has 1 heterocycles. The highest BCUT2D eigenvalue weighted by Gasteiger charge is 2.19. The number of hydrogen-bond donors (Lipinski definition) is 2. The Kier molecular flexibility index (Phi) is 6.01. The highest BCUT2D eigenvalue weighted by molar-refractivity contribution is 7.89. The molecule has 0 atom stereocenters. The van der Waals surface area contributed by atoms with Gasteiger partial charge in [-0.3, -0.25) is 10.0 Å². The summed E-state index contributed by atoms with van der Waals surface area (Å²) in [5, 5.41) is 19.5. The maximum absolute atomic E-state index is 12.1. The standard InChI is InChI=1S/C20H20N4O5S/c1-23(26)20(25)12-9-15-13-18(14-7-10-16(29-2)11-8-14)24(22-15)17-5-3-4-6-19(17)30(21,27)28/h3-13,26H,1-2H3,(H2,21,27,28). The molecule has 0 bridgehead atoms. The molecule has 0 aliphatic rings. The maximum Gasteiger partial charge on any atom is 0.269 e. The van der Waals surface area contributed by atoms with Gasteiger partial charge in [0.15, 0.2) is 0 Å². The van der Waals surface area contributed by atoms with Gasteiger partial charge in [-0.05, 0) is 48.5 Å². The first kappa shape index (κ1) is 21.2. The molecule has 1 amide bonds. The van der Waals surface area contributed by atoms with Gasteiger partial charge in [0.25, 0.3) is 5.91 Å². The number of hydrogen-bond acceptors (Lipinski definition) is 6. The Balaban J connectivity index is 2.19. The number of carbonyl (C=O) groups excluding carboxylic acids is 1. The van der Waals surface area contributed by atoms with E-state index in [1.165, 1.54) is 23.9 Å². The van der Waals surface area contributed by atoms with Crippen LogP contribution in [0.25, 0.3) is 23.0 Å². The predicted octanol–water partition coefficient (Wildman–Crippen LogP) is 2.06. The van der Waals surface area contributed by atoms with E-state index in [1.54, 1.807) is 55.6 Å². The van der Waals surface area contributed by atoms with Crippen molar-refractivity contribution in [2.45, 2.75) is 4.90 Å². The van der Waals surface area contributed by atoms with E-state index in [0.29, 0.717) is 22.2 Å². The van der Waals surface area contributed by atoms with Crippen LogP contribution in [0, 0.1) is 0 Å². The summed E-state index contributed by atoms with van der Waals surface area (Å²) in [6.45, 7) is 0. The van der Waals surface area contributed by atoms with Crippen molar-refractivity contribution in [3.05, 3.63) is 66.4 Å². The zero-order valence-electron chi connectivity index (χ0n) is 16.3. The Morgan fingerprint density at radius 1 is 1.20 bits per heavy atom. The number of para-hydroxylation sites is 1. The topological polar surface area (TPSA) is 128 Å². The summed E-state index contributed by atoms with van der Waals surface area (Å²) in [6.07, 6.45) is 2.56. The molecule has 0 aliphatic heterocycles. The van der Waals surface area contributed by atoms with Crippen LogP contribution in [0.4, 0.5) is 0 Å². The quantitative estimate of drug-likeness (QED) is 0.351. The Bertz CT molecular complexity index is 1200. The minimum atomic E-state index is -4.01. The van der Waals surface area contributed by atoms with Crippen molar-refractivity contribution in [1.29, 1.82) is 0 Å². The van der Waals surface area contributed by atoms with Crippen LogP contribution in [-0.4, -0.2) is 48.5 Å². The number of hydroxylamine groups is 2. The summed E-state index contributed by atoms with van der Waals surface area (Å²) < 4.78 is 30.8. The first-order valence-corrected chi connectivity index (χ1v) is 10.3. The molecule has 0 saturated heterocycles. The number of carbonyl (C=O) groups is 1. The number of amides is 1. The lowest BCUT2D eigenvalue weighted by molar-refractivity contribution is -0.153. The molecule has 30 heavy (non-hydrogen) atoms. The number of benzene rings is 2. The normalized spacial score (nSPS) is 11.6. The number of ether oxygens (including phenoxy) is 1. The van der Waals surface area contributed by atoms with E-state index in [4.69, 9.17) is 9.88 Å². The molecule has 0 spiro atoms. The number of nitrogens with zero attached hydrogens (tertiary/aromatic N) is 3. The molecule has 10 heteroatoms. The molecular formula is C20H20N4O5S. The smallest absolute Gasteiger partial charge is 0.269 e. The van der Waals surface area contributed by atoms with Gasteiger partial charge < -0.3 is 4.74 Å². The van der Waals surface area contributed by atoms with E-state index in [2.05, 4.69) is 5.10 Å². The van der Waals surface area contributed by atoms with Crippen LogP contribution in [0.2, 0.25) is 0 Å². The molecule has 0 saturated carbocycles. The van der Waals surface area contributed by atoms with Gasteiger partial charge in [0.2, 0.25) is 10.0 Å². The van der Waals surface area contributed by atoms with Gasteiger partial charge in [0.05, 0.1) is 24.2 Å². The average Bonchev–Trinajstić information content (AvgIpc) is 3.15. The Morgan fingerprint density at radius 3 is 2.47 bits per heavy atom. The van der Waals surface area contributed by atoms with Crippen LogP contribution in [0.5, 0.6) is 5.75 Å². The summed E-state index contributed by atoms with van der Waals surface area (Å²) >= 11 is 0. The van der Waals surface area contributed by atoms with Gasteiger partial charge in [-0.2, -0.15) is 5.10 Å². The molecular weight excluding hydrogens is 408 g/mol. The van der Waals surface area contributed by atoms with E-state index < -0.39 is 15.9 Å². The molecule has 156 valence electrons. The second-order valence-electron chi connectivity index (χ2n) is 6.30. The van der Waals surface area contributed by atoms with Crippen LogP contribution < -0.4 is 9.88 Å². The zero-order chi connectivity index (χ0) is 21.9. The van der Waals surface area contributed by atoms with Crippen molar-refractivity contribution in [2.75, 3.05) is 14.2 Å². The van der Waals surface area contributed by atoms with Gasteiger partial charge in [0.1, 0.15) is 10.6 Å². The number of aromatic nitrogens is 2. The lowest BCUT2D eigenvalue weighted by Crippen LogP contribution is -2.19. The third-order valence-electron chi connectivity index (χ3n) is 4.23. The van der Waals surface area contributed by atoms with Gasteiger partial charge in [-0.25, -0.2) is 23.3 Å². The van der Waals surface area contributed by atoms with Crippen LogP contribution in [0.3, 0.4) is 0 Å². The minimum Gasteiger partial charge on any atom is -0.497 e. The summed E-state index contributed by atoms with van der Waals surface area (Å²) in [6, 6.07) is 15.0. The minimum absolute atomic E-state index is 0.0930. The number of sulfonamides is 1. The molecule has 9 nitrogen and oxygen atoms in total. The van der Waals surface area contributed by atoms with Crippen LogP contribution >= 0.6 is 0 Å². The fourth-order valence-electron chi connectivity index (χ4n) is 2.77. The van der Waals surface area contributed by atoms with Crippen molar-refractivity contribution in [3.63, 3.8) is 0 Å². The molecule has 0 radical (unpaired) electrons. The summed E-state index contributed by atoms with van der Waals surface area (Å²) in [5.74, 6) is 0.0203. The van der Waals surface area contributed by atoms with Crippen molar-refractivity contribution in [3.8, 4) is 22.7 Å². The van der Waals surface area contributed by atoms with E-state index in [1.807, 2.05) is 0 Å². The zero-order valence-corrected chi connectivity index (χ0v) is 17.1. The fourth-order valence-corrected chi connectivity index (χ4v) is 3.48. The molecule has 0 fully saturated rings. The van der Waals surface area contributed by atoms with Crippen molar-refractivity contribution in [1.82, 2.24) is 14.8 Å². The van der Waals surface area contributed by atoms with Gasteiger partial charge in [-0.1, -0.05) is 12.1 Å². The molecule has 3 aromatic rings. The fraction of sp³-hybridized carbons (Fsp3) is 0.100. The summed E-state index contributed by atoms with van der Waals surface area (Å²) in [7, 11) is -1.25. The number of rotatable bonds is 6. The molecule has 1 aromatic heterocycles. The van der Waals surface area contributed by atoms with E-state index >= 15 is 0 Å². The Labute approximate surface area is 173 Å². The number of primary sulfonamides is 1. The van der Waals surface area contributed by atoms with Crippen LogP contribution in [0.15, 0.2) is 65.6 Å². The highest BCUT2D eigenvalue weighted by Crippen LogP contribution is 2.29. The number of nitrogens with two attached hydrogens (primary N) is 1. The Hall–Kier alpha value is -3.47. The van der Waals surface area contributed by atoms with Gasteiger partial charge in [-0.15, -0.1) is 0 Å². The largest absolute Gasteiger partial charge is 0.497 e. The van der Waals surface area contributed by atoms with E-state index in [-0.39, 0.29) is 10.6 Å². The van der Waals surface area contributed by atoms with Gasteiger partial charge >= 0.3 is 0 Å². The van der Waals surface area contributed by atoms with Crippen LogP contribution in [-0.2, 0) is 14.8 Å². The first-order chi connectivity index (χ1) is 14.2.